The van der Waals surface area contributed by atoms with Crippen LogP contribution in [0.2, 0.25) is 5.02 Å². The fourth-order valence-corrected chi connectivity index (χ4v) is 12.5. The number of halogens is 1. The van der Waals surface area contributed by atoms with Crippen molar-refractivity contribution >= 4 is 109 Å². The molecule has 3 aromatic rings. The third kappa shape index (κ3) is 5.30. The van der Waals surface area contributed by atoms with E-state index in [9.17, 15) is 24.0 Å². The highest BCUT2D eigenvalue weighted by Gasteiger charge is 2.62. The monoisotopic (exact) mass is 757 g/mol. The van der Waals surface area contributed by atoms with Gasteiger partial charge in [0.15, 0.2) is 0 Å². The molecule has 0 unspecified atom stereocenters. The smallest absolute Gasteiger partial charge is 0.345 e. The zero-order valence-electron chi connectivity index (χ0n) is 27.2. The van der Waals surface area contributed by atoms with Gasteiger partial charge in [-0.15, -0.1) is 11.3 Å². The Morgan fingerprint density at radius 1 is 0.776 bits per heavy atom. The molecule has 0 bridgehead atoms. The first-order valence-corrected chi connectivity index (χ1v) is 18.2. The van der Waals surface area contributed by atoms with Gasteiger partial charge >= 0.3 is 23.9 Å². The first-order chi connectivity index (χ1) is 23.3. The number of anilines is 1. The van der Waals surface area contributed by atoms with Gasteiger partial charge in [-0.1, -0.05) is 76.7 Å². The summed E-state index contributed by atoms with van der Waals surface area (Å²) in [5, 5.41) is 1.07. The quantitative estimate of drug-likeness (QED) is 0.195. The molecule has 0 saturated heterocycles. The number of benzene rings is 2. The molecule has 1 spiro atoms. The summed E-state index contributed by atoms with van der Waals surface area (Å²) >= 11 is 10.9. The van der Waals surface area contributed by atoms with Crippen molar-refractivity contribution in [3.05, 3.63) is 88.7 Å². The van der Waals surface area contributed by atoms with Crippen molar-refractivity contribution in [1.82, 2.24) is 0 Å². The summed E-state index contributed by atoms with van der Waals surface area (Å²) in [5.41, 5.74) is 1.00. The summed E-state index contributed by atoms with van der Waals surface area (Å²) < 4.78 is 19.7. The number of ether oxygens (including phenoxy) is 4. The molecule has 49 heavy (non-hydrogen) atoms. The van der Waals surface area contributed by atoms with Crippen molar-refractivity contribution in [3.8, 4) is 0 Å². The van der Waals surface area contributed by atoms with Crippen LogP contribution in [0.15, 0.2) is 67.7 Å². The zero-order chi connectivity index (χ0) is 35.6. The lowest BCUT2D eigenvalue weighted by atomic mass is 9.82. The highest BCUT2D eigenvalue weighted by atomic mass is 35.5. The second kappa shape index (κ2) is 12.9. The van der Waals surface area contributed by atoms with Crippen molar-refractivity contribution in [1.29, 1.82) is 0 Å². The second-order valence-electron chi connectivity index (χ2n) is 11.4. The maximum Gasteiger partial charge on any atom is 0.345 e. The van der Waals surface area contributed by atoms with E-state index < -0.39 is 33.5 Å². The van der Waals surface area contributed by atoms with Gasteiger partial charge in [-0.2, -0.15) is 0 Å². The first-order valence-electron chi connectivity index (χ1n) is 14.5. The SMILES string of the molecule is COC(=O)C1=C(C(=O)OC)SC2(S1)C(C(=O)OC)=C(C(=O)OC)SC1=C2c2cc(C)ccc2N(C(=O)c2sc3ccccc3c2Cl)C1(C)C. The highest BCUT2D eigenvalue weighted by molar-refractivity contribution is 8.26. The minimum atomic E-state index is -1.67. The Bertz CT molecular complexity index is 2080. The average molecular weight is 758 g/mol. The third-order valence-electron chi connectivity index (χ3n) is 8.23. The molecule has 0 atom stereocenters. The molecule has 0 saturated carbocycles. The predicted octanol–water partition coefficient (Wildman–Crippen LogP) is 7.09. The number of methoxy groups -OCH3 is 4. The van der Waals surface area contributed by atoms with Crippen LogP contribution in [-0.2, 0) is 38.1 Å². The van der Waals surface area contributed by atoms with E-state index in [-0.39, 0.29) is 26.2 Å². The topological polar surface area (TPSA) is 126 Å². The Kier molecular flexibility index (Phi) is 9.24. The zero-order valence-corrected chi connectivity index (χ0v) is 31.2. The van der Waals surface area contributed by atoms with Crippen LogP contribution >= 0.6 is 58.2 Å². The lowest BCUT2D eigenvalue weighted by Crippen LogP contribution is -2.53. The van der Waals surface area contributed by atoms with Gasteiger partial charge in [-0.05, 0) is 39.0 Å². The number of carbonyl (C=O) groups excluding carboxylic acids is 5. The number of esters is 4. The van der Waals surface area contributed by atoms with Gasteiger partial charge in [0.25, 0.3) is 5.91 Å². The highest BCUT2D eigenvalue weighted by Crippen LogP contribution is 2.71. The molecule has 0 N–H and O–H groups in total. The molecule has 0 aliphatic carbocycles. The fourth-order valence-electron chi connectivity index (χ4n) is 6.05. The maximum atomic E-state index is 14.8. The summed E-state index contributed by atoms with van der Waals surface area (Å²) in [6.45, 7) is 5.52. The third-order valence-corrected chi connectivity index (χ3v) is 14.5. The standard InChI is InChI=1S/C34H28ClNO9S4/c1-15-12-13-18-17(14-15)20-27(33(2,3)36(18)28(37)24-22(35)16-10-8-9-11-19(16)46-24)47-23(30(39)43-5)21(29(38)42-4)34(20)48-25(31(40)44-6)26(49-34)32(41)45-7/h8-14H,1-7H3. The van der Waals surface area contributed by atoms with E-state index in [4.69, 9.17) is 30.5 Å². The minimum Gasteiger partial charge on any atom is -0.466 e. The largest absolute Gasteiger partial charge is 0.466 e. The number of hydrogen-bond donors (Lipinski definition) is 0. The summed E-state index contributed by atoms with van der Waals surface area (Å²) in [6.07, 6.45) is 0. The van der Waals surface area contributed by atoms with Crippen LogP contribution in [0.3, 0.4) is 0 Å². The normalized spacial score (nSPS) is 17.6. The van der Waals surface area contributed by atoms with E-state index in [2.05, 4.69) is 0 Å². The van der Waals surface area contributed by atoms with E-state index in [0.29, 0.717) is 31.6 Å². The molecule has 0 radical (unpaired) electrons. The van der Waals surface area contributed by atoms with E-state index in [0.717, 1.165) is 50.9 Å². The van der Waals surface area contributed by atoms with Gasteiger partial charge < -0.3 is 18.9 Å². The number of thiophene rings is 1. The van der Waals surface area contributed by atoms with Crippen molar-refractivity contribution in [2.24, 2.45) is 0 Å². The van der Waals surface area contributed by atoms with Gasteiger partial charge in [-0.3, -0.25) is 9.69 Å². The summed E-state index contributed by atoms with van der Waals surface area (Å²) in [6, 6.07) is 13.0. The van der Waals surface area contributed by atoms with Crippen LogP contribution in [0.25, 0.3) is 15.7 Å². The molecular formula is C34H28ClNO9S4. The Morgan fingerprint density at radius 3 is 1.92 bits per heavy atom. The average Bonchev–Trinajstić information content (AvgIpc) is 3.65. The molecule has 3 aliphatic heterocycles. The number of rotatable bonds is 5. The Balaban J connectivity index is 1.69. The number of amides is 1. The minimum absolute atomic E-state index is 0.119. The van der Waals surface area contributed by atoms with Gasteiger partial charge in [0.2, 0.25) is 0 Å². The van der Waals surface area contributed by atoms with Crippen molar-refractivity contribution in [2.75, 3.05) is 33.3 Å². The number of aryl methyl sites for hydroxylation is 1. The summed E-state index contributed by atoms with van der Waals surface area (Å²) in [4.78, 5) is 70.9. The van der Waals surface area contributed by atoms with Crippen LogP contribution in [0.5, 0.6) is 0 Å². The van der Waals surface area contributed by atoms with Crippen molar-refractivity contribution in [3.63, 3.8) is 0 Å². The van der Waals surface area contributed by atoms with Gasteiger partial charge in [-0.25, -0.2) is 19.2 Å². The lowest BCUT2D eigenvalue weighted by Gasteiger charge is -2.50. The molecule has 2 aromatic carbocycles. The molecule has 3 aliphatic rings. The fraction of sp³-hybridized carbons (Fsp3) is 0.265. The molecule has 4 heterocycles. The van der Waals surface area contributed by atoms with Crippen molar-refractivity contribution in [2.45, 2.75) is 30.4 Å². The van der Waals surface area contributed by atoms with Crippen LogP contribution in [0, 0.1) is 6.92 Å². The molecule has 15 heteroatoms. The van der Waals surface area contributed by atoms with Crippen LogP contribution in [0.4, 0.5) is 5.69 Å². The van der Waals surface area contributed by atoms with E-state index in [1.165, 1.54) is 39.8 Å². The number of carbonyl (C=O) groups is 5. The molecule has 254 valence electrons. The van der Waals surface area contributed by atoms with E-state index in [1.807, 2.05) is 63.2 Å². The number of thioether (sulfide) groups is 3. The molecule has 10 nitrogen and oxygen atoms in total. The lowest BCUT2D eigenvalue weighted by molar-refractivity contribution is -0.138. The second-order valence-corrected chi connectivity index (χ2v) is 16.6. The van der Waals surface area contributed by atoms with Crippen molar-refractivity contribution < 1.29 is 42.9 Å². The Labute approximate surface area is 303 Å². The number of fused-ring (bicyclic) bond motifs is 4. The van der Waals surface area contributed by atoms with E-state index >= 15 is 0 Å². The molecule has 6 rings (SSSR count). The van der Waals surface area contributed by atoms with Crippen LogP contribution in [-0.4, -0.2) is 67.8 Å². The first kappa shape index (κ1) is 35.1. The Hall–Kier alpha value is -3.69. The summed E-state index contributed by atoms with van der Waals surface area (Å²) in [7, 11) is 4.69. The number of nitrogens with zero attached hydrogens (tertiary/aromatic N) is 1. The predicted molar refractivity (Wildman–Crippen MR) is 193 cm³/mol. The van der Waals surface area contributed by atoms with Gasteiger partial charge in [0, 0.05) is 26.1 Å². The summed E-state index contributed by atoms with van der Waals surface area (Å²) in [5.74, 6) is -3.78. The van der Waals surface area contributed by atoms with Crippen LogP contribution in [0.1, 0.15) is 34.6 Å². The van der Waals surface area contributed by atoms with Gasteiger partial charge in [0.1, 0.15) is 23.7 Å². The molecule has 1 aromatic heterocycles. The van der Waals surface area contributed by atoms with E-state index in [1.54, 1.807) is 4.90 Å². The molecule has 1 amide bonds. The number of hydrogen-bond acceptors (Lipinski definition) is 13. The van der Waals surface area contributed by atoms with Gasteiger partial charge in [0.05, 0.1) is 50.3 Å². The molecule has 0 fully saturated rings. The molecular weight excluding hydrogens is 730 g/mol. The van der Waals surface area contributed by atoms with Crippen LogP contribution < -0.4 is 4.90 Å². The Morgan fingerprint density at radius 2 is 1.35 bits per heavy atom. The maximum absolute atomic E-state index is 14.8.